The van der Waals surface area contributed by atoms with Crippen molar-refractivity contribution in [1.29, 1.82) is 0 Å². The lowest BCUT2D eigenvalue weighted by Gasteiger charge is -2.20. The highest BCUT2D eigenvalue weighted by atomic mass is 32.2. The fraction of sp³-hybridized carbons (Fsp3) is 0.500. The molecule has 0 bridgehead atoms. The Kier molecular flexibility index (Phi) is 21.7. The van der Waals surface area contributed by atoms with Gasteiger partial charge in [0.2, 0.25) is 11.6 Å². The predicted molar refractivity (Wildman–Crippen MR) is 210 cm³/mol. The van der Waals surface area contributed by atoms with Gasteiger partial charge in [-0.05, 0) is 74.2 Å². The van der Waals surface area contributed by atoms with E-state index in [1.54, 1.807) is 48.5 Å². The first-order valence-electron chi connectivity index (χ1n) is 18.9. The first-order chi connectivity index (χ1) is 26.4. The van der Waals surface area contributed by atoms with Crippen LogP contribution in [0.4, 0.5) is 9.59 Å². The van der Waals surface area contributed by atoms with E-state index >= 15 is 0 Å². The Balaban J connectivity index is 2.18. The highest BCUT2D eigenvalue weighted by Gasteiger charge is 2.22. The van der Waals surface area contributed by atoms with Crippen molar-refractivity contribution in [3.63, 3.8) is 0 Å². The van der Waals surface area contributed by atoms with E-state index in [4.69, 9.17) is 9.68 Å². The second kappa shape index (κ2) is 25.9. The summed E-state index contributed by atoms with van der Waals surface area (Å²) in [5, 5.41) is 26.1. The summed E-state index contributed by atoms with van der Waals surface area (Å²) in [4.78, 5) is 89.6. The molecule has 15 heteroatoms. The molecule has 2 aromatic rings. The third-order valence-corrected chi connectivity index (χ3v) is 9.27. The first-order valence-corrected chi connectivity index (χ1v) is 19.7. The number of carboxylic acids is 2. The van der Waals surface area contributed by atoms with Gasteiger partial charge in [-0.15, -0.1) is 0 Å². The summed E-state index contributed by atoms with van der Waals surface area (Å²) in [6.45, 7) is 9.96. The van der Waals surface area contributed by atoms with Crippen molar-refractivity contribution in [2.45, 2.75) is 115 Å². The van der Waals surface area contributed by atoms with Crippen molar-refractivity contribution in [2.24, 2.45) is 10.3 Å². The Bertz CT molecular complexity index is 1490. The highest BCUT2D eigenvalue weighted by Crippen LogP contribution is 2.28. The molecule has 0 unspecified atom stereocenters. The van der Waals surface area contributed by atoms with Crippen LogP contribution in [-0.4, -0.2) is 93.3 Å². The molecule has 2 N–H and O–H groups in total. The van der Waals surface area contributed by atoms with Crippen molar-refractivity contribution in [3.05, 3.63) is 59.7 Å². The van der Waals surface area contributed by atoms with E-state index in [0.717, 1.165) is 61.2 Å². The van der Waals surface area contributed by atoms with Crippen LogP contribution in [0.1, 0.15) is 125 Å². The molecule has 0 aliphatic rings. The first kappa shape index (κ1) is 46.1. The number of carboxylic acid groups (broad SMARTS) is 2. The molecule has 2 aromatic carbocycles. The molecule has 0 aliphatic heterocycles. The molecule has 0 saturated heterocycles. The summed E-state index contributed by atoms with van der Waals surface area (Å²) < 4.78 is 0. The molecule has 55 heavy (non-hydrogen) atoms. The van der Waals surface area contributed by atoms with Crippen LogP contribution in [0.3, 0.4) is 0 Å². The van der Waals surface area contributed by atoms with Gasteiger partial charge in [-0.1, -0.05) is 75.5 Å². The van der Waals surface area contributed by atoms with Crippen LogP contribution in [0.5, 0.6) is 0 Å². The number of amides is 2. The molecule has 14 nitrogen and oxygen atoms in total. The monoisotopic (exact) mass is 782 g/mol. The second-order valence-corrected chi connectivity index (χ2v) is 13.9. The van der Waals surface area contributed by atoms with Gasteiger partial charge in [0.25, 0.3) is 0 Å². The molecular formula is C40H54N4O10S. The summed E-state index contributed by atoms with van der Waals surface area (Å²) in [6, 6.07) is 13.0. The number of aliphatic carboxylic acids is 2. The van der Waals surface area contributed by atoms with Gasteiger partial charge in [0.05, 0.1) is 12.8 Å². The SMILES string of the molecule is CCCCN(CCCC)C(=O)O/N=C(\CCC(=O)O)C(=O)c1ccc(Sc2ccc(C(=O)/C(CCC(=O)O)=N/OC(=O)N(CCCC)CCCC)cc2)cc1. The zero-order valence-corrected chi connectivity index (χ0v) is 33.1. The van der Waals surface area contributed by atoms with Crippen LogP contribution in [0.25, 0.3) is 0 Å². The highest BCUT2D eigenvalue weighted by molar-refractivity contribution is 7.99. The van der Waals surface area contributed by atoms with Gasteiger partial charge in [-0.25, -0.2) is 9.59 Å². The van der Waals surface area contributed by atoms with Crippen molar-refractivity contribution in [2.75, 3.05) is 26.2 Å². The Hall–Kier alpha value is -5.05. The summed E-state index contributed by atoms with van der Waals surface area (Å²) in [5.74, 6) is -3.39. The predicted octanol–water partition coefficient (Wildman–Crippen LogP) is 8.72. The maximum Gasteiger partial charge on any atom is 0.435 e. The number of hydrogen-bond acceptors (Lipinski definition) is 11. The maximum absolute atomic E-state index is 13.4. The number of nitrogens with zero attached hydrogens (tertiary/aromatic N) is 4. The molecule has 0 heterocycles. The average molecular weight is 783 g/mol. The molecule has 0 spiro atoms. The van der Waals surface area contributed by atoms with Gasteiger partial charge >= 0.3 is 24.1 Å². The van der Waals surface area contributed by atoms with Crippen molar-refractivity contribution in [1.82, 2.24) is 9.80 Å². The van der Waals surface area contributed by atoms with E-state index in [1.165, 1.54) is 21.6 Å². The fourth-order valence-electron chi connectivity index (χ4n) is 4.96. The zero-order chi connectivity index (χ0) is 40.6. The van der Waals surface area contributed by atoms with Crippen LogP contribution in [-0.2, 0) is 19.3 Å². The summed E-state index contributed by atoms with van der Waals surface area (Å²) in [7, 11) is 0. The lowest BCUT2D eigenvalue weighted by molar-refractivity contribution is -0.137. The van der Waals surface area contributed by atoms with Crippen molar-refractivity contribution >= 4 is 58.9 Å². The van der Waals surface area contributed by atoms with Gasteiger partial charge < -0.3 is 20.0 Å². The van der Waals surface area contributed by atoms with E-state index < -0.39 is 35.7 Å². The summed E-state index contributed by atoms with van der Waals surface area (Å²) in [5.41, 5.74) is 0.0847. The molecule has 2 rings (SSSR count). The molecule has 0 aromatic heterocycles. The third kappa shape index (κ3) is 17.3. The third-order valence-electron chi connectivity index (χ3n) is 8.25. The van der Waals surface area contributed by atoms with Crippen LogP contribution in [0.15, 0.2) is 68.6 Å². The molecule has 2 amide bonds. The Labute approximate surface area is 327 Å². The summed E-state index contributed by atoms with van der Waals surface area (Å²) >= 11 is 1.35. The topological polar surface area (TPSA) is 193 Å². The van der Waals surface area contributed by atoms with E-state index in [1.807, 2.05) is 27.7 Å². The quantitative estimate of drug-likeness (QED) is 0.0401. The minimum atomic E-state index is -1.13. The van der Waals surface area contributed by atoms with E-state index in [0.29, 0.717) is 26.2 Å². The number of rotatable bonds is 26. The van der Waals surface area contributed by atoms with Gasteiger partial charge in [0.15, 0.2) is 0 Å². The number of ketones is 2. The lowest BCUT2D eigenvalue weighted by atomic mass is 10.0. The Morgan fingerprint density at radius 1 is 0.527 bits per heavy atom. The smallest absolute Gasteiger partial charge is 0.435 e. The molecule has 0 aliphatic carbocycles. The molecule has 0 atom stereocenters. The number of unbranched alkanes of at least 4 members (excludes halogenated alkanes) is 4. The van der Waals surface area contributed by atoms with Crippen LogP contribution >= 0.6 is 11.8 Å². The van der Waals surface area contributed by atoms with E-state index in [2.05, 4.69) is 10.3 Å². The lowest BCUT2D eigenvalue weighted by Crippen LogP contribution is -2.33. The second-order valence-electron chi connectivity index (χ2n) is 12.8. The van der Waals surface area contributed by atoms with Crippen LogP contribution in [0, 0.1) is 0 Å². The van der Waals surface area contributed by atoms with Gasteiger partial charge in [-0.3, -0.25) is 28.9 Å². The van der Waals surface area contributed by atoms with E-state index in [9.17, 15) is 39.0 Å². The number of Topliss-reactive ketones (excluding diaryl/α,β-unsaturated/α-hetero) is 2. The molecule has 0 saturated carbocycles. The summed E-state index contributed by atoms with van der Waals surface area (Å²) in [6.07, 6.45) is 4.04. The molecule has 0 radical (unpaired) electrons. The largest absolute Gasteiger partial charge is 0.481 e. The van der Waals surface area contributed by atoms with Crippen molar-refractivity contribution < 1.29 is 48.7 Å². The Morgan fingerprint density at radius 3 is 1.11 bits per heavy atom. The fourth-order valence-corrected chi connectivity index (χ4v) is 5.77. The normalized spacial score (nSPS) is 11.5. The average Bonchev–Trinajstić information content (AvgIpc) is 3.17. The van der Waals surface area contributed by atoms with Crippen molar-refractivity contribution in [3.8, 4) is 0 Å². The van der Waals surface area contributed by atoms with Gasteiger partial charge in [0, 0.05) is 59.9 Å². The van der Waals surface area contributed by atoms with Crippen LogP contribution in [0.2, 0.25) is 0 Å². The number of benzene rings is 2. The molecule has 0 fully saturated rings. The maximum atomic E-state index is 13.4. The number of carbonyl (C=O) groups excluding carboxylic acids is 4. The van der Waals surface area contributed by atoms with Gasteiger partial charge in [0.1, 0.15) is 11.4 Å². The standard InChI is InChI=1S/C40H54N4O10S/c1-5-9-25-43(26-10-6-2)39(51)53-41-33(21-23-35(45)46)37(49)29-13-17-31(18-14-29)55-32-19-15-30(16-20-32)38(50)34(22-24-36(47)48)42-54-40(52)44(27-11-7-3)28-12-8-4/h13-20H,5-12,21-28H2,1-4H3,(H,45,46)(H,47,48)/b41-33+,42-34+. The minimum Gasteiger partial charge on any atom is -0.481 e. The minimum absolute atomic E-state index is 0.186. The van der Waals surface area contributed by atoms with E-state index in [-0.39, 0.29) is 48.2 Å². The molecular weight excluding hydrogens is 729 g/mol. The number of hydrogen-bond donors (Lipinski definition) is 2. The Morgan fingerprint density at radius 2 is 0.836 bits per heavy atom. The van der Waals surface area contributed by atoms with Crippen LogP contribution < -0.4 is 0 Å². The molecule has 300 valence electrons. The number of carbonyl (C=O) groups is 6. The van der Waals surface area contributed by atoms with Gasteiger partial charge in [-0.2, -0.15) is 0 Å². The number of oxime groups is 2. The zero-order valence-electron chi connectivity index (χ0n) is 32.3.